The normalized spacial score (nSPS) is 24.9. The van der Waals surface area contributed by atoms with Gasteiger partial charge < -0.3 is 14.6 Å². The second-order valence-electron chi connectivity index (χ2n) is 5.29. The third-order valence-corrected chi connectivity index (χ3v) is 3.83. The van der Waals surface area contributed by atoms with Crippen molar-refractivity contribution in [2.75, 3.05) is 13.7 Å². The van der Waals surface area contributed by atoms with Crippen LogP contribution in [0.4, 0.5) is 4.79 Å². The van der Waals surface area contributed by atoms with Crippen molar-refractivity contribution in [3.05, 3.63) is 35.9 Å². The van der Waals surface area contributed by atoms with Crippen LogP contribution in [0.2, 0.25) is 0 Å². The number of hydrogen-bond acceptors (Lipinski definition) is 4. The van der Waals surface area contributed by atoms with Gasteiger partial charge in [-0.05, 0) is 12.5 Å². The summed E-state index contributed by atoms with van der Waals surface area (Å²) in [5, 5.41) is 9.39. The van der Waals surface area contributed by atoms with Gasteiger partial charge in [-0.15, -0.1) is 0 Å². The molecule has 0 aromatic heterocycles. The highest BCUT2D eigenvalue weighted by Gasteiger charge is 2.51. The van der Waals surface area contributed by atoms with Crippen LogP contribution in [0, 0.1) is 0 Å². The lowest BCUT2D eigenvalue weighted by Gasteiger charge is -2.29. The fraction of sp³-hybridized carbons (Fsp3) is 0.467. The molecule has 1 heterocycles. The molecule has 1 amide bonds. The van der Waals surface area contributed by atoms with Crippen LogP contribution < -0.4 is 0 Å². The van der Waals surface area contributed by atoms with Gasteiger partial charge in [-0.25, -0.2) is 9.59 Å². The van der Waals surface area contributed by atoms with Crippen LogP contribution in [0.1, 0.15) is 18.9 Å². The van der Waals surface area contributed by atoms with Crippen molar-refractivity contribution < 1.29 is 24.2 Å². The van der Waals surface area contributed by atoms with Crippen molar-refractivity contribution in [3.8, 4) is 0 Å². The Labute approximate surface area is 123 Å². The van der Waals surface area contributed by atoms with Gasteiger partial charge in [-0.3, -0.25) is 4.90 Å². The van der Waals surface area contributed by atoms with E-state index < -0.39 is 17.6 Å². The smallest absolute Gasteiger partial charge is 0.411 e. The number of hydrogen-bond donors (Lipinski definition) is 1. The van der Waals surface area contributed by atoms with Crippen LogP contribution in [-0.2, 0) is 20.9 Å². The van der Waals surface area contributed by atoms with Crippen molar-refractivity contribution in [1.82, 2.24) is 4.90 Å². The second-order valence-corrected chi connectivity index (χ2v) is 5.29. The summed E-state index contributed by atoms with van der Waals surface area (Å²) in [5.74, 6) is -1.06. The minimum absolute atomic E-state index is 0.115. The highest BCUT2D eigenvalue weighted by molar-refractivity contribution is 5.84. The van der Waals surface area contributed by atoms with Crippen LogP contribution in [-0.4, -0.2) is 47.4 Å². The van der Waals surface area contributed by atoms with Crippen LogP contribution in [0.25, 0.3) is 0 Å². The molecule has 1 aromatic carbocycles. The molecule has 0 spiro atoms. The molecule has 1 saturated heterocycles. The molecule has 114 valence electrons. The number of likely N-dealkylation sites (tertiary alicyclic amines) is 1. The fourth-order valence-electron chi connectivity index (χ4n) is 2.46. The van der Waals surface area contributed by atoms with Crippen molar-refractivity contribution in [3.63, 3.8) is 0 Å². The van der Waals surface area contributed by atoms with Crippen molar-refractivity contribution >= 4 is 12.1 Å². The number of ether oxygens (including phenoxy) is 2. The first kappa shape index (κ1) is 15.3. The molecule has 0 radical (unpaired) electrons. The molecule has 0 unspecified atom stereocenters. The minimum atomic E-state index is -1.30. The maximum Gasteiger partial charge on any atom is 0.411 e. The number of carboxylic acid groups (broad SMARTS) is 1. The van der Waals surface area contributed by atoms with Gasteiger partial charge in [0.25, 0.3) is 0 Å². The number of aliphatic carboxylic acids is 1. The van der Waals surface area contributed by atoms with E-state index in [0.29, 0.717) is 0 Å². The van der Waals surface area contributed by atoms with E-state index in [9.17, 15) is 14.7 Å². The van der Waals surface area contributed by atoms with Gasteiger partial charge in [-0.1, -0.05) is 30.3 Å². The van der Waals surface area contributed by atoms with Gasteiger partial charge in [0.2, 0.25) is 0 Å². The molecule has 1 aromatic rings. The van der Waals surface area contributed by atoms with Crippen LogP contribution in [0.15, 0.2) is 30.3 Å². The average molecular weight is 293 g/mol. The summed E-state index contributed by atoms with van der Waals surface area (Å²) >= 11 is 0. The Balaban J connectivity index is 2.04. The molecule has 1 fully saturated rings. The molecule has 1 aliphatic heterocycles. The molecule has 0 saturated carbocycles. The molecule has 2 rings (SSSR count). The molecular formula is C15H19NO5. The lowest BCUT2D eigenvalue weighted by atomic mass is 9.99. The molecule has 0 aliphatic carbocycles. The first-order chi connectivity index (χ1) is 9.97. The van der Waals surface area contributed by atoms with Gasteiger partial charge >= 0.3 is 12.1 Å². The molecular weight excluding hydrogens is 274 g/mol. The summed E-state index contributed by atoms with van der Waals surface area (Å²) < 4.78 is 10.4. The predicted molar refractivity (Wildman–Crippen MR) is 74.8 cm³/mol. The van der Waals surface area contributed by atoms with E-state index in [1.165, 1.54) is 18.9 Å². The highest BCUT2D eigenvalue weighted by atomic mass is 16.6. The third-order valence-electron chi connectivity index (χ3n) is 3.83. The summed E-state index contributed by atoms with van der Waals surface area (Å²) in [6.07, 6.45) is -0.683. The van der Waals surface area contributed by atoms with E-state index in [-0.39, 0.29) is 25.7 Å². The van der Waals surface area contributed by atoms with Gasteiger partial charge in [0.1, 0.15) is 12.1 Å². The van der Waals surface area contributed by atoms with Gasteiger partial charge in [0, 0.05) is 13.5 Å². The van der Waals surface area contributed by atoms with Crippen molar-refractivity contribution in [2.24, 2.45) is 0 Å². The summed E-state index contributed by atoms with van der Waals surface area (Å²) in [6, 6.07) is 9.25. The molecule has 2 atom stereocenters. The van der Waals surface area contributed by atoms with Crippen molar-refractivity contribution in [2.45, 2.75) is 31.6 Å². The molecule has 1 aliphatic rings. The Morgan fingerprint density at radius 1 is 1.38 bits per heavy atom. The van der Waals surface area contributed by atoms with E-state index in [1.54, 1.807) is 0 Å². The predicted octanol–water partition coefficient (Wildman–Crippen LogP) is 1.89. The van der Waals surface area contributed by atoms with Gasteiger partial charge in [0.15, 0.2) is 0 Å². The number of rotatable bonds is 4. The topological polar surface area (TPSA) is 76.1 Å². The summed E-state index contributed by atoms with van der Waals surface area (Å²) in [5.41, 5.74) is -0.445. The minimum Gasteiger partial charge on any atom is -0.480 e. The number of benzene rings is 1. The number of carbonyl (C=O) groups is 2. The lowest BCUT2D eigenvalue weighted by Crippen LogP contribution is -2.50. The quantitative estimate of drug-likeness (QED) is 0.917. The summed E-state index contributed by atoms with van der Waals surface area (Å²) in [6.45, 7) is 1.84. The van der Waals surface area contributed by atoms with Crippen LogP contribution >= 0.6 is 0 Å². The monoisotopic (exact) mass is 293 g/mol. The fourth-order valence-corrected chi connectivity index (χ4v) is 2.46. The first-order valence-corrected chi connectivity index (χ1v) is 6.72. The van der Waals surface area contributed by atoms with Crippen LogP contribution in [0.3, 0.4) is 0 Å². The molecule has 21 heavy (non-hydrogen) atoms. The van der Waals surface area contributed by atoms with Crippen molar-refractivity contribution in [1.29, 1.82) is 0 Å². The first-order valence-electron chi connectivity index (χ1n) is 6.72. The maximum atomic E-state index is 12.2. The Hall–Kier alpha value is -2.08. The Bertz CT molecular complexity index is 518. The Kier molecular flexibility index (Phi) is 4.47. The summed E-state index contributed by atoms with van der Waals surface area (Å²) in [4.78, 5) is 24.9. The largest absolute Gasteiger partial charge is 0.480 e. The zero-order chi connectivity index (χ0) is 15.5. The van der Waals surface area contributed by atoms with E-state index in [1.807, 2.05) is 30.3 Å². The number of nitrogens with zero attached hydrogens (tertiary/aromatic N) is 1. The second kappa shape index (κ2) is 6.13. The van der Waals surface area contributed by atoms with E-state index in [0.717, 1.165) is 5.56 Å². The SMILES string of the molecule is CO[C@@H]1CN(C(=O)OCc2ccccc2)[C@](C)(C(=O)O)C1. The molecule has 0 bridgehead atoms. The average Bonchev–Trinajstić information content (AvgIpc) is 2.84. The third kappa shape index (κ3) is 3.16. The number of amides is 1. The van der Waals surface area contributed by atoms with E-state index in [4.69, 9.17) is 9.47 Å². The van der Waals surface area contributed by atoms with Gasteiger partial charge in [0.05, 0.1) is 12.6 Å². The maximum absolute atomic E-state index is 12.2. The Morgan fingerprint density at radius 2 is 2.05 bits per heavy atom. The van der Waals surface area contributed by atoms with Crippen LogP contribution in [0.5, 0.6) is 0 Å². The number of methoxy groups -OCH3 is 1. The zero-order valence-corrected chi connectivity index (χ0v) is 12.1. The highest BCUT2D eigenvalue weighted by Crippen LogP contribution is 2.31. The number of carbonyl (C=O) groups excluding carboxylic acids is 1. The van der Waals surface area contributed by atoms with E-state index >= 15 is 0 Å². The van der Waals surface area contributed by atoms with Gasteiger partial charge in [-0.2, -0.15) is 0 Å². The standard InChI is InChI=1S/C15H19NO5/c1-15(13(17)18)8-12(20-2)9-16(15)14(19)21-10-11-6-4-3-5-7-11/h3-7,12H,8-10H2,1-2H3,(H,17,18)/t12-,15-/m0/s1. The summed E-state index contributed by atoms with van der Waals surface area (Å²) in [7, 11) is 1.51. The zero-order valence-electron chi connectivity index (χ0n) is 12.1. The molecule has 1 N–H and O–H groups in total. The molecule has 6 heteroatoms. The molecule has 6 nitrogen and oxygen atoms in total. The van der Waals surface area contributed by atoms with E-state index in [2.05, 4.69) is 0 Å². The lowest BCUT2D eigenvalue weighted by molar-refractivity contribution is -0.148. The Morgan fingerprint density at radius 3 is 2.62 bits per heavy atom. The number of carboxylic acids is 1.